The molecular weight excluding hydrogens is 449 g/mol. The third-order valence-corrected chi connectivity index (χ3v) is 5.79. The molecular formula is C28H28FNO5. The summed E-state index contributed by atoms with van der Waals surface area (Å²) in [6, 6.07) is 18.9. The molecule has 1 atom stereocenters. The summed E-state index contributed by atoms with van der Waals surface area (Å²) in [6.07, 6.45) is -0.945. The molecule has 0 aliphatic heterocycles. The van der Waals surface area contributed by atoms with Crippen molar-refractivity contribution in [3.63, 3.8) is 0 Å². The Morgan fingerprint density at radius 1 is 1.00 bits per heavy atom. The second-order valence-electron chi connectivity index (χ2n) is 9.54. The van der Waals surface area contributed by atoms with Crippen molar-refractivity contribution in [1.82, 2.24) is 5.32 Å². The first-order chi connectivity index (χ1) is 16.6. The molecule has 2 N–H and O–H groups in total. The minimum Gasteiger partial charge on any atom is -0.485 e. The standard InChI is InChI=1S/C28H28FNO5/c1-28(2,3)35-25-13-12-17(14-23(25)29)15-24(26(31)32)30-27(33)34-16-22-20-10-6-4-8-18(20)19-9-5-7-11-21(19)22/h4-14,22,24H,15-16H2,1-3H3,(H,30,33)(H,31,32)/t24-/m0/s1. The van der Waals surface area contributed by atoms with Crippen LogP contribution in [0.4, 0.5) is 9.18 Å². The number of nitrogens with one attached hydrogen (secondary N) is 1. The second-order valence-corrected chi connectivity index (χ2v) is 9.54. The largest absolute Gasteiger partial charge is 0.485 e. The normalized spacial score (nSPS) is 13.5. The molecule has 6 nitrogen and oxygen atoms in total. The summed E-state index contributed by atoms with van der Waals surface area (Å²) in [5.41, 5.74) is 4.16. The van der Waals surface area contributed by atoms with Gasteiger partial charge in [-0.15, -0.1) is 0 Å². The molecule has 3 aromatic rings. The van der Waals surface area contributed by atoms with Gasteiger partial charge in [0.15, 0.2) is 11.6 Å². The lowest BCUT2D eigenvalue weighted by Crippen LogP contribution is -2.42. The quantitative estimate of drug-likeness (QED) is 0.467. The zero-order valence-corrected chi connectivity index (χ0v) is 19.9. The number of aliphatic carboxylic acids is 1. The second kappa shape index (κ2) is 9.78. The van der Waals surface area contributed by atoms with Crippen LogP contribution in [0.25, 0.3) is 11.1 Å². The van der Waals surface area contributed by atoms with Crippen LogP contribution in [-0.4, -0.2) is 35.4 Å². The van der Waals surface area contributed by atoms with Crippen molar-refractivity contribution in [3.8, 4) is 16.9 Å². The van der Waals surface area contributed by atoms with Crippen LogP contribution in [0.1, 0.15) is 43.4 Å². The lowest BCUT2D eigenvalue weighted by molar-refractivity contribution is -0.139. The lowest BCUT2D eigenvalue weighted by Gasteiger charge is -2.22. The molecule has 0 aromatic heterocycles. The van der Waals surface area contributed by atoms with Crippen LogP contribution in [0.3, 0.4) is 0 Å². The molecule has 35 heavy (non-hydrogen) atoms. The Bertz CT molecular complexity index is 1200. The fraction of sp³-hybridized carbons (Fsp3) is 0.286. The van der Waals surface area contributed by atoms with Crippen LogP contribution >= 0.6 is 0 Å². The van der Waals surface area contributed by atoms with Gasteiger partial charge in [0.1, 0.15) is 18.2 Å². The monoisotopic (exact) mass is 477 g/mol. The molecule has 0 saturated carbocycles. The fourth-order valence-electron chi connectivity index (χ4n) is 4.30. The minimum atomic E-state index is -1.28. The van der Waals surface area contributed by atoms with Crippen LogP contribution in [-0.2, 0) is 16.0 Å². The van der Waals surface area contributed by atoms with E-state index in [4.69, 9.17) is 9.47 Å². The summed E-state index contributed by atoms with van der Waals surface area (Å²) in [5, 5.41) is 12.0. The summed E-state index contributed by atoms with van der Waals surface area (Å²) in [7, 11) is 0. The van der Waals surface area contributed by atoms with E-state index in [1.165, 1.54) is 12.1 Å². The number of ether oxygens (including phenoxy) is 2. The lowest BCUT2D eigenvalue weighted by atomic mass is 9.98. The smallest absolute Gasteiger partial charge is 0.407 e. The Kier molecular flexibility index (Phi) is 6.78. The van der Waals surface area contributed by atoms with Gasteiger partial charge in [0.2, 0.25) is 0 Å². The number of carbonyl (C=O) groups is 2. The van der Waals surface area contributed by atoms with E-state index in [0.717, 1.165) is 22.3 Å². The summed E-state index contributed by atoms with van der Waals surface area (Å²) in [5.74, 6) is -1.89. The number of hydrogen-bond acceptors (Lipinski definition) is 4. The van der Waals surface area contributed by atoms with Gasteiger partial charge >= 0.3 is 12.1 Å². The van der Waals surface area contributed by atoms with Crippen LogP contribution in [0, 0.1) is 5.82 Å². The van der Waals surface area contributed by atoms with Gasteiger partial charge < -0.3 is 19.9 Å². The van der Waals surface area contributed by atoms with E-state index in [9.17, 15) is 19.1 Å². The number of fused-ring (bicyclic) bond motifs is 3. The van der Waals surface area contributed by atoms with E-state index >= 15 is 0 Å². The molecule has 7 heteroatoms. The molecule has 0 heterocycles. The minimum absolute atomic E-state index is 0.0691. The van der Waals surface area contributed by atoms with Gasteiger partial charge in [-0.1, -0.05) is 54.6 Å². The zero-order chi connectivity index (χ0) is 25.2. The number of amides is 1. The highest BCUT2D eigenvalue weighted by molar-refractivity contribution is 5.81. The van der Waals surface area contributed by atoms with Gasteiger partial charge in [-0.3, -0.25) is 0 Å². The van der Waals surface area contributed by atoms with Crippen LogP contribution in [0.5, 0.6) is 5.75 Å². The van der Waals surface area contributed by atoms with Crippen molar-refractivity contribution < 1.29 is 28.6 Å². The van der Waals surface area contributed by atoms with E-state index in [2.05, 4.69) is 5.32 Å². The molecule has 0 spiro atoms. The summed E-state index contributed by atoms with van der Waals surface area (Å²) in [4.78, 5) is 24.3. The predicted molar refractivity (Wildman–Crippen MR) is 130 cm³/mol. The number of hydrogen-bond donors (Lipinski definition) is 2. The Morgan fingerprint density at radius 2 is 1.60 bits per heavy atom. The first kappa shape index (κ1) is 24.3. The SMILES string of the molecule is CC(C)(C)Oc1ccc(C[C@H](NC(=O)OCC2c3ccccc3-c3ccccc32)C(=O)O)cc1F. The van der Waals surface area contributed by atoms with Gasteiger partial charge in [-0.05, 0) is 60.7 Å². The Labute approximate surface area is 203 Å². The highest BCUT2D eigenvalue weighted by atomic mass is 19.1. The first-order valence-corrected chi connectivity index (χ1v) is 11.4. The van der Waals surface area contributed by atoms with E-state index in [1.807, 2.05) is 48.5 Å². The summed E-state index contributed by atoms with van der Waals surface area (Å²) in [6.45, 7) is 5.48. The Balaban J connectivity index is 1.41. The van der Waals surface area contributed by atoms with Crippen molar-refractivity contribution in [2.45, 2.75) is 44.8 Å². The van der Waals surface area contributed by atoms with Crippen molar-refractivity contribution in [2.24, 2.45) is 0 Å². The van der Waals surface area contributed by atoms with Gasteiger partial charge in [-0.2, -0.15) is 0 Å². The number of halogens is 1. The van der Waals surface area contributed by atoms with Gasteiger partial charge in [0, 0.05) is 12.3 Å². The van der Waals surface area contributed by atoms with Gasteiger partial charge in [-0.25, -0.2) is 14.0 Å². The number of benzene rings is 3. The Morgan fingerprint density at radius 3 is 2.14 bits per heavy atom. The summed E-state index contributed by atoms with van der Waals surface area (Å²) < 4.78 is 25.4. The molecule has 1 amide bonds. The molecule has 0 fully saturated rings. The van der Waals surface area contributed by atoms with Crippen molar-refractivity contribution in [1.29, 1.82) is 0 Å². The van der Waals surface area contributed by atoms with Crippen molar-refractivity contribution in [3.05, 3.63) is 89.2 Å². The average Bonchev–Trinajstić information content (AvgIpc) is 3.12. The van der Waals surface area contributed by atoms with E-state index in [0.29, 0.717) is 5.56 Å². The summed E-state index contributed by atoms with van der Waals surface area (Å²) >= 11 is 0. The molecule has 0 unspecified atom stereocenters. The number of carboxylic acid groups (broad SMARTS) is 1. The Hall–Kier alpha value is -3.87. The maximum absolute atomic E-state index is 14.4. The molecule has 182 valence electrons. The number of carbonyl (C=O) groups excluding carboxylic acids is 1. The van der Waals surface area contributed by atoms with Gasteiger partial charge in [0.25, 0.3) is 0 Å². The molecule has 0 saturated heterocycles. The third-order valence-electron chi connectivity index (χ3n) is 5.79. The fourth-order valence-corrected chi connectivity index (χ4v) is 4.30. The highest BCUT2D eigenvalue weighted by Crippen LogP contribution is 2.44. The van der Waals surface area contributed by atoms with E-state index < -0.39 is 29.5 Å². The highest BCUT2D eigenvalue weighted by Gasteiger charge is 2.30. The molecule has 0 radical (unpaired) electrons. The van der Waals surface area contributed by atoms with Crippen LogP contribution in [0.15, 0.2) is 66.7 Å². The maximum Gasteiger partial charge on any atom is 0.407 e. The maximum atomic E-state index is 14.4. The van der Waals surface area contributed by atoms with Crippen LogP contribution in [0.2, 0.25) is 0 Å². The van der Waals surface area contributed by atoms with E-state index in [1.54, 1.807) is 26.8 Å². The molecule has 1 aliphatic carbocycles. The first-order valence-electron chi connectivity index (χ1n) is 11.4. The third kappa shape index (κ3) is 5.62. The number of carboxylic acids is 1. The molecule has 3 aromatic carbocycles. The average molecular weight is 478 g/mol. The van der Waals surface area contributed by atoms with E-state index in [-0.39, 0.29) is 24.7 Å². The van der Waals surface area contributed by atoms with Crippen molar-refractivity contribution >= 4 is 12.1 Å². The van der Waals surface area contributed by atoms with Crippen molar-refractivity contribution in [2.75, 3.05) is 6.61 Å². The number of alkyl carbamates (subject to hydrolysis) is 1. The zero-order valence-electron chi connectivity index (χ0n) is 19.9. The van der Waals surface area contributed by atoms with Gasteiger partial charge in [0.05, 0.1) is 0 Å². The molecule has 0 bridgehead atoms. The predicted octanol–water partition coefficient (Wildman–Crippen LogP) is 5.54. The van der Waals surface area contributed by atoms with Crippen LogP contribution < -0.4 is 10.1 Å². The molecule has 4 rings (SSSR count). The number of rotatable bonds is 7. The molecule has 1 aliphatic rings. The topological polar surface area (TPSA) is 84.9 Å².